The number of amides is 2. The lowest BCUT2D eigenvalue weighted by Crippen LogP contribution is -2.35. The molecule has 1 atom stereocenters. The summed E-state index contributed by atoms with van der Waals surface area (Å²) in [5.41, 5.74) is 0.836. The number of carbonyl (C=O) groups is 2. The van der Waals surface area contributed by atoms with Crippen molar-refractivity contribution in [3.8, 4) is 0 Å². The molecule has 146 valence electrons. The Morgan fingerprint density at radius 1 is 1.36 bits per heavy atom. The average molecular weight is 380 g/mol. The minimum absolute atomic E-state index is 0.0416. The Kier molecular flexibility index (Phi) is 5.39. The van der Waals surface area contributed by atoms with E-state index in [0.717, 1.165) is 11.4 Å². The van der Waals surface area contributed by atoms with Crippen LogP contribution in [-0.4, -0.2) is 41.6 Å². The van der Waals surface area contributed by atoms with Gasteiger partial charge in [0, 0.05) is 44.3 Å². The van der Waals surface area contributed by atoms with Crippen molar-refractivity contribution in [1.29, 1.82) is 5.41 Å². The molecule has 8 heteroatoms. The van der Waals surface area contributed by atoms with Crippen LogP contribution in [0.25, 0.3) is 0 Å². The van der Waals surface area contributed by atoms with Gasteiger partial charge in [-0.05, 0) is 43.2 Å². The first kappa shape index (κ1) is 19.5. The highest BCUT2D eigenvalue weighted by Crippen LogP contribution is 2.35. The van der Waals surface area contributed by atoms with E-state index in [1.54, 1.807) is 29.1 Å². The zero-order valence-electron chi connectivity index (χ0n) is 16.3. The second-order valence-electron chi connectivity index (χ2n) is 6.85. The van der Waals surface area contributed by atoms with Gasteiger partial charge >= 0.3 is 0 Å². The number of anilines is 4. The Labute approximate surface area is 164 Å². The first-order valence-corrected chi connectivity index (χ1v) is 9.18. The van der Waals surface area contributed by atoms with E-state index >= 15 is 0 Å². The van der Waals surface area contributed by atoms with Crippen molar-refractivity contribution in [2.24, 2.45) is 5.41 Å². The Hall–Kier alpha value is -3.29. The van der Waals surface area contributed by atoms with E-state index in [-0.39, 0.29) is 11.8 Å². The van der Waals surface area contributed by atoms with Gasteiger partial charge in [-0.25, -0.2) is 4.98 Å². The third-order valence-corrected chi connectivity index (χ3v) is 5.26. The highest BCUT2D eigenvalue weighted by molar-refractivity contribution is 6.08. The monoisotopic (exact) mass is 380 g/mol. The number of hydrogen-bond acceptors (Lipinski definition) is 6. The fourth-order valence-electron chi connectivity index (χ4n) is 3.21. The molecule has 2 amide bonds. The predicted octanol–water partition coefficient (Wildman–Crippen LogP) is 2.99. The van der Waals surface area contributed by atoms with Gasteiger partial charge in [-0.1, -0.05) is 6.92 Å². The molecule has 2 N–H and O–H groups in total. The van der Waals surface area contributed by atoms with Crippen molar-refractivity contribution in [3.05, 3.63) is 36.5 Å². The molecule has 0 radical (unpaired) electrons. The van der Waals surface area contributed by atoms with Crippen LogP contribution in [0.5, 0.6) is 0 Å². The lowest BCUT2D eigenvalue weighted by molar-refractivity contribution is -0.122. The molecule has 1 aromatic carbocycles. The summed E-state index contributed by atoms with van der Waals surface area (Å²) >= 11 is 0. The molecule has 8 nitrogen and oxygen atoms in total. The molecular formula is C20H24N6O2. The second kappa shape index (κ2) is 7.75. The molecule has 1 aromatic heterocycles. The van der Waals surface area contributed by atoms with Crippen molar-refractivity contribution in [2.75, 3.05) is 28.7 Å². The van der Waals surface area contributed by atoms with Crippen LogP contribution < -0.4 is 15.1 Å². The van der Waals surface area contributed by atoms with E-state index < -0.39 is 5.41 Å². The summed E-state index contributed by atoms with van der Waals surface area (Å²) in [6, 6.07) is 9.03. The zero-order chi connectivity index (χ0) is 20.3. The summed E-state index contributed by atoms with van der Waals surface area (Å²) in [5.74, 6) is 0.765. The number of nitrogens with one attached hydrogen (secondary N) is 2. The summed E-state index contributed by atoms with van der Waals surface area (Å²) in [6.45, 7) is 3.97. The molecule has 2 heterocycles. The summed E-state index contributed by atoms with van der Waals surface area (Å²) in [4.78, 5) is 36.1. The number of nitrogens with zero attached hydrogens (tertiary/aromatic N) is 4. The molecule has 1 saturated heterocycles. The maximum absolute atomic E-state index is 12.8. The first-order valence-electron chi connectivity index (χ1n) is 9.18. The number of hydrogen-bond donors (Lipinski definition) is 2. The topological polar surface area (TPSA) is 102 Å². The van der Waals surface area contributed by atoms with Crippen molar-refractivity contribution in [3.63, 3.8) is 0 Å². The number of rotatable bonds is 6. The lowest BCUT2D eigenvalue weighted by Gasteiger charge is -2.21. The van der Waals surface area contributed by atoms with Crippen LogP contribution >= 0.6 is 0 Å². The van der Waals surface area contributed by atoms with E-state index in [0.29, 0.717) is 31.2 Å². The average Bonchev–Trinajstić information content (AvgIpc) is 3.05. The minimum Gasteiger partial charge on any atom is -0.324 e. The Balaban J connectivity index is 1.77. The normalized spacial score (nSPS) is 18.8. The first-order chi connectivity index (χ1) is 13.4. The third-order valence-electron chi connectivity index (χ3n) is 5.26. The minimum atomic E-state index is -0.725. The van der Waals surface area contributed by atoms with E-state index in [2.05, 4.69) is 15.3 Å². The summed E-state index contributed by atoms with van der Waals surface area (Å²) < 4.78 is 0. The van der Waals surface area contributed by atoms with Gasteiger partial charge in [0.2, 0.25) is 17.8 Å². The Morgan fingerprint density at radius 3 is 2.64 bits per heavy atom. The summed E-state index contributed by atoms with van der Waals surface area (Å²) in [7, 11) is 1.72. The smallest absolute Gasteiger partial charge is 0.239 e. The largest absolute Gasteiger partial charge is 0.324 e. The van der Waals surface area contributed by atoms with Gasteiger partial charge in [-0.2, -0.15) is 4.98 Å². The van der Waals surface area contributed by atoms with Crippen molar-refractivity contribution >= 4 is 41.2 Å². The van der Waals surface area contributed by atoms with Crippen LogP contribution in [0.1, 0.15) is 26.7 Å². The van der Waals surface area contributed by atoms with E-state index in [9.17, 15) is 9.59 Å². The van der Waals surface area contributed by atoms with Crippen molar-refractivity contribution in [1.82, 2.24) is 9.97 Å². The van der Waals surface area contributed by atoms with Gasteiger partial charge < -0.3 is 15.6 Å². The van der Waals surface area contributed by atoms with Crippen LogP contribution in [0, 0.1) is 10.8 Å². The molecule has 0 aliphatic carbocycles. The Morgan fingerprint density at radius 2 is 2.07 bits per heavy atom. The van der Waals surface area contributed by atoms with E-state index in [4.69, 9.17) is 5.41 Å². The number of carbonyl (C=O) groups excluding carboxylic acids is 2. The number of benzene rings is 1. The van der Waals surface area contributed by atoms with Gasteiger partial charge in [0.25, 0.3) is 0 Å². The van der Waals surface area contributed by atoms with Gasteiger partial charge in [0.05, 0.1) is 5.41 Å². The molecule has 1 fully saturated rings. The van der Waals surface area contributed by atoms with Crippen LogP contribution in [-0.2, 0) is 9.59 Å². The third kappa shape index (κ3) is 3.58. The maximum atomic E-state index is 12.8. The maximum Gasteiger partial charge on any atom is 0.239 e. The summed E-state index contributed by atoms with van der Waals surface area (Å²) in [5, 5.41) is 10.8. The molecule has 2 aromatic rings. The highest BCUT2D eigenvalue weighted by atomic mass is 16.2. The fourth-order valence-corrected chi connectivity index (χ4v) is 3.21. The quantitative estimate of drug-likeness (QED) is 0.750. The molecular weight excluding hydrogens is 356 g/mol. The van der Waals surface area contributed by atoms with E-state index in [1.165, 1.54) is 13.1 Å². The standard InChI is InChI=1S/C20H24N6O2/c1-4-20(13-21)10-12-26(18(20)28)17-9-11-22-19(24-17)23-15-5-7-16(8-6-15)25(3)14(2)27/h5-9,11,13,21H,4,10,12H2,1-3H3,(H,22,23,24)/t20-/m1/s1. The van der Waals surface area contributed by atoms with E-state index in [1.807, 2.05) is 31.2 Å². The Bertz CT molecular complexity index is 898. The molecule has 28 heavy (non-hydrogen) atoms. The van der Waals surface area contributed by atoms with Gasteiger partial charge in [0.15, 0.2) is 0 Å². The van der Waals surface area contributed by atoms with Crippen LogP contribution in [0.3, 0.4) is 0 Å². The van der Waals surface area contributed by atoms with Crippen molar-refractivity contribution < 1.29 is 9.59 Å². The molecule has 3 rings (SSSR count). The highest BCUT2D eigenvalue weighted by Gasteiger charge is 2.44. The zero-order valence-corrected chi connectivity index (χ0v) is 16.3. The molecule has 0 bridgehead atoms. The predicted molar refractivity (Wildman–Crippen MR) is 109 cm³/mol. The van der Waals surface area contributed by atoms with Gasteiger partial charge in [0.1, 0.15) is 5.82 Å². The number of aromatic nitrogens is 2. The molecule has 0 saturated carbocycles. The van der Waals surface area contributed by atoms with Crippen LogP contribution in [0.4, 0.5) is 23.1 Å². The lowest BCUT2D eigenvalue weighted by atomic mass is 9.85. The second-order valence-corrected chi connectivity index (χ2v) is 6.85. The SMILES string of the molecule is CC[C@]1(C=N)CCN(c2ccnc(Nc3ccc(N(C)C(C)=O)cc3)n2)C1=O. The molecule has 0 spiro atoms. The summed E-state index contributed by atoms with van der Waals surface area (Å²) in [6.07, 6.45) is 4.08. The molecule has 0 unspecified atom stereocenters. The molecule has 1 aliphatic rings. The van der Waals surface area contributed by atoms with Crippen molar-refractivity contribution in [2.45, 2.75) is 26.7 Å². The fraction of sp³-hybridized carbons (Fsp3) is 0.350. The van der Waals surface area contributed by atoms with Gasteiger partial charge in [-0.3, -0.25) is 14.5 Å². The van der Waals surface area contributed by atoms with Gasteiger partial charge in [-0.15, -0.1) is 0 Å². The van der Waals surface area contributed by atoms with Crippen LogP contribution in [0.15, 0.2) is 36.5 Å². The molecule has 1 aliphatic heterocycles. The van der Waals surface area contributed by atoms with Crippen LogP contribution in [0.2, 0.25) is 0 Å².